The standard InChI is InChI=1S/C26H25Cl2NO6/c1-3-33-24(30)16-29-26(31)34-12-11-17-13-21(27)25(22(28)14-17)35-19-9-10-23(32-2)20(15-19)18-7-5-4-6-8-18/h4-10,13-15H,3,11-12,16H2,1-2H3,(H,29,31). The van der Waals surface area contributed by atoms with Crippen LogP contribution in [0.15, 0.2) is 60.7 Å². The fourth-order valence-corrected chi connectivity index (χ4v) is 3.84. The minimum absolute atomic E-state index is 0.0699. The molecular formula is C26H25Cl2NO6. The van der Waals surface area contributed by atoms with E-state index in [1.54, 1.807) is 32.2 Å². The Morgan fingerprint density at radius 3 is 2.31 bits per heavy atom. The molecule has 3 aromatic carbocycles. The van der Waals surface area contributed by atoms with Crippen LogP contribution < -0.4 is 14.8 Å². The average Bonchev–Trinajstić information content (AvgIpc) is 2.85. The van der Waals surface area contributed by atoms with E-state index < -0.39 is 12.1 Å². The van der Waals surface area contributed by atoms with E-state index >= 15 is 0 Å². The predicted molar refractivity (Wildman–Crippen MR) is 135 cm³/mol. The summed E-state index contributed by atoms with van der Waals surface area (Å²) >= 11 is 12.9. The molecule has 0 aromatic heterocycles. The van der Waals surface area contributed by atoms with E-state index in [1.807, 2.05) is 42.5 Å². The SMILES string of the molecule is CCOC(=O)CNC(=O)OCCc1cc(Cl)c(Oc2ccc(OC)c(-c3ccccc3)c2)c(Cl)c1. The fraction of sp³-hybridized carbons (Fsp3) is 0.231. The lowest BCUT2D eigenvalue weighted by atomic mass is 10.0. The summed E-state index contributed by atoms with van der Waals surface area (Å²) in [7, 11) is 1.61. The van der Waals surface area contributed by atoms with Crippen LogP contribution in [0.5, 0.6) is 17.2 Å². The number of hydrogen-bond acceptors (Lipinski definition) is 6. The van der Waals surface area contributed by atoms with Crippen molar-refractivity contribution in [3.05, 3.63) is 76.3 Å². The molecule has 35 heavy (non-hydrogen) atoms. The number of nitrogens with one attached hydrogen (secondary N) is 1. The first-order valence-electron chi connectivity index (χ1n) is 10.9. The number of carbonyl (C=O) groups is 2. The number of alkyl carbamates (subject to hydrolysis) is 1. The molecule has 7 nitrogen and oxygen atoms in total. The Kier molecular flexibility index (Phi) is 9.64. The highest BCUT2D eigenvalue weighted by molar-refractivity contribution is 6.37. The lowest BCUT2D eigenvalue weighted by Gasteiger charge is -2.14. The van der Waals surface area contributed by atoms with Gasteiger partial charge < -0.3 is 24.3 Å². The van der Waals surface area contributed by atoms with Crippen LogP contribution in [0.1, 0.15) is 12.5 Å². The van der Waals surface area contributed by atoms with E-state index in [4.69, 9.17) is 42.1 Å². The third-order valence-corrected chi connectivity index (χ3v) is 5.40. The number of rotatable bonds is 10. The van der Waals surface area contributed by atoms with Crippen LogP contribution >= 0.6 is 23.2 Å². The minimum Gasteiger partial charge on any atom is -0.496 e. The van der Waals surface area contributed by atoms with Crippen LogP contribution in [0.25, 0.3) is 11.1 Å². The molecule has 1 amide bonds. The maximum absolute atomic E-state index is 11.7. The van der Waals surface area contributed by atoms with Crippen molar-refractivity contribution in [1.29, 1.82) is 0 Å². The molecule has 0 aliphatic heterocycles. The highest BCUT2D eigenvalue weighted by Gasteiger charge is 2.14. The third-order valence-electron chi connectivity index (χ3n) is 4.84. The van der Waals surface area contributed by atoms with Gasteiger partial charge in [-0.25, -0.2) is 4.79 Å². The van der Waals surface area contributed by atoms with Crippen molar-refractivity contribution in [3.8, 4) is 28.4 Å². The van der Waals surface area contributed by atoms with E-state index in [-0.39, 0.29) is 19.8 Å². The minimum atomic E-state index is -0.719. The molecule has 3 rings (SSSR count). The summed E-state index contributed by atoms with van der Waals surface area (Å²) < 4.78 is 21.3. The quantitative estimate of drug-likeness (QED) is 0.318. The van der Waals surface area contributed by atoms with Gasteiger partial charge in [0.25, 0.3) is 0 Å². The second kappa shape index (κ2) is 12.9. The van der Waals surface area contributed by atoms with Crippen molar-refractivity contribution in [1.82, 2.24) is 5.32 Å². The van der Waals surface area contributed by atoms with Gasteiger partial charge >= 0.3 is 12.1 Å². The van der Waals surface area contributed by atoms with Crippen LogP contribution in [-0.2, 0) is 20.7 Å². The Balaban J connectivity index is 1.64. The summed E-state index contributed by atoms with van der Waals surface area (Å²) in [4.78, 5) is 23.0. The summed E-state index contributed by atoms with van der Waals surface area (Å²) in [6.07, 6.45) is -0.350. The number of ether oxygens (including phenoxy) is 4. The van der Waals surface area contributed by atoms with Gasteiger partial charge in [-0.1, -0.05) is 53.5 Å². The fourth-order valence-electron chi connectivity index (χ4n) is 3.23. The first-order chi connectivity index (χ1) is 16.9. The Bertz CT molecular complexity index is 1150. The van der Waals surface area contributed by atoms with Gasteiger partial charge in [-0.05, 0) is 48.4 Å². The Hall–Kier alpha value is -3.42. The second-order valence-electron chi connectivity index (χ2n) is 7.26. The van der Waals surface area contributed by atoms with E-state index in [1.165, 1.54) is 0 Å². The number of methoxy groups -OCH3 is 1. The van der Waals surface area contributed by atoms with Crippen LogP contribution in [0, 0.1) is 0 Å². The van der Waals surface area contributed by atoms with Crippen molar-refractivity contribution >= 4 is 35.3 Å². The number of carbonyl (C=O) groups excluding carboxylic acids is 2. The van der Waals surface area contributed by atoms with Gasteiger partial charge in [-0.2, -0.15) is 0 Å². The van der Waals surface area contributed by atoms with E-state index in [2.05, 4.69) is 5.32 Å². The number of benzene rings is 3. The number of esters is 1. The molecule has 1 N–H and O–H groups in total. The number of hydrogen-bond donors (Lipinski definition) is 1. The molecule has 184 valence electrons. The van der Waals surface area contributed by atoms with Gasteiger partial charge in [-0.15, -0.1) is 0 Å². The van der Waals surface area contributed by atoms with Gasteiger partial charge in [0.05, 0.1) is 30.4 Å². The van der Waals surface area contributed by atoms with E-state index in [0.29, 0.717) is 33.7 Å². The molecule has 9 heteroatoms. The highest BCUT2D eigenvalue weighted by Crippen LogP contribution is 2.40. The van der Waals surface area contributed by atoms with Gasteiger partial charge in [0.1, 0.15) is 18.0 Å². The molecule has 0 saturated carbocycles. The summed E-state index contributed by atoms with van der Waals surface area (Å²) in [5, 5.41) is 2.95. The second-order valence-corrected chi connectivity index (χ2v) is 8.08. The summed E-state index contributed by atoms with van der Waals surface area (Å²) in [6, 6.07) is 18.6. The smallest absolute Gasteiger partial charge is 0.407 e. The Labute approximate surface area is 213 Å². The zero-order valence-electron chi connectivity index (χ0n) is 19.3. The Morgan fingerprint density at radius 1 is 0.943 bits per heavy atom. The maximum Gasteiger partial charge on any atom is 0.407 e. The lowest BCUT2D eigenvalue weighted by Crippen LogP contribution is -2.31. The zero-order valence-corrected chi connectivity index (χ0v) is 20.8. The van der Waals surface area contributed by atoms with Crippen molar-refractivity contribution in [2.75, 3.05) is 26.9 Å². The van der Waals surface area contributed by atoms with Crippen molar-refractivity contribution in [2.45, 2.75) is 13.3 Å². The highest BCUT2D eigenvalue weighted by atomic mass is 35.5. The van der Waals surface area contributed by atoms with Crippen LogP contribution in [-0.4, -0.2) is 38.9 Å². The Morgan fingerprint density at radius 2 is 1.66 bits per heavy atom. The molecule has 0 fully saturated rings. The summed E-state index contributed by atoms with van der Waals surface area (Å²) in [5.41, 5.74) is 2.60. The number of amides is 1. The van der Waals surface area contributed by atoms with Crippen molar-refractivity contribution in [3.63, 3.8) is 0 Å². The molecular weight excluding hydrogens is 493 g/mol. The summed E-state index contributed by atoms with van der Waals surface area (Å²) in [6.45, 7) is 1.74. The normalized spacial score (nSPS) is 10.4. The van der Waals surface area contributed by atoms with Gasteiger partial charge in [0.15, 0.2) is 5.75 Å². The molecule has 3 aromatic rings. The van der Waals surface area contributed by atoms with Crippen molar-refractivity contribution in [2.24, 2.45) is 0 Å². The first-order valence-corrected chi connectivity index (χ1v) is 11.6. The largest absolute Gasteiger partial charge is 0.496 e. The molecule has 0 aliphatic carbocycles. The predicted octanol–water partition coefficient (Wildman–Crippen LogP) is 6.29. The maximum atomic E-state index is 11.7. The molecule has 0 saturated heterocycles. The molecule has 0 unspecified atom stereocenters. The van der Waals surface area contributed by atoms with E-state index in [9.17, 15) is 9.59 Å². The zero-order chi connectivity index (χ0) is 25.2. The molecule has 0 atom stereocenters. The van der Waals surface area contributed by atoms with Gasteiger partial charge in [0.2, 0.25) is 0 Å². The molecule has 0 heterocycles. The monoisotopic (exact) mass is 517 g/mol. The third kappa shape index (κ3) is 7.53. The van der Waals surface area contributed by atoms with E-state index in [0.717, 1.165) is 16.7 Å². The van der Waals surface area contributed by atoms with Crippen LogP contribution in [0.3, 0.4) is 0 Å². The van der Waals surface area contributed by atoms with Crippen molar-refractivity contribution < 1.29 is 28.5 Å². The molecule has 0 aliphatic rings. The molecule has 0 spiro atoms. The van der Waals surface area contributed by atoms with Crippen LogP contribution in [0.4, 0.5) is 4.79 Å². The molecule has 0 radical (unpaired) electrons. The molecule has 0 bridgehead atoms. The average molecular weight is 518 g/mol. The first kappa shape index (κ1) is 26.2. The lowest BCUT2D eigenvalue weighted by molar-refractivity contribution is -0.141. The summed E-state index contributed by atoms with van der Waals surface area (Å²) in [5.74, 6) is 1.03. The van der Waals surface area contributed by atoms with Gasteiger partial charge in [0, 0.05) is 12.0 Å². The topological polar surface area (TPSA) is 83.1 Å². The number of halogens is 2. The van der Waals surface area contributed by atoms with Crippen LogP contribution in [0.2, 0.25) is 10.0 Å². The van der Waals surface area contributed by atoms with Gasteiger partial charge in [-0.3, -0.25) is 4.79 Å².